The number of rotatable bonds is 8. The van der Waals surface area contributed by atoms with Crippen molar-refractivity contribution in [2.75, 3.05) is 26.7 Å². The van der Waals surface area contributed by atoms with Crippen molar-refractivity contribution in [3.8, 4) is 0 Å². The first-order chi connectivity index (χ1) is 10.2. The minimum atomic E-state index is -0.643. The molecule has 1 N–H and O–H groups in total. The Morgan fingerprint density at radius 3 is 2.81 bits per heavy atom. The zero-order valence-corrected chi connectivity index (χ0v) is 12.7. The number of benzene rings is 1. The van der Waals surface area contributed by atoms with Crippen LogP contribution in [0.25, 0.3) is 0 Å². The Labute approximate surface area is 125 Å². The van der Waals surface area contributed by atoms with Crippen molar-refractivity contribution in [2.45, 2.75) is 32.4 Å². The maximum Gasteiger partial charge on any atom is 0.340 e. The highest BCUT2D eigenvalue weighted by molar-refractivity contribution is 5.89. The van der Waals surface area contributed by atoms with Crippen LogP contribution in [0.5, 0.6) is 0 Å². The molecule has 0 heterocycles. The van der Waals surface area contributed by atoms with Crippen LogP contribution in [0.1, 0.15) is 35.7 Å². The predicted octanol–water partition coefficient (Wildman–Crippen LogP) is 2.19. The molecule has 1 saturated carbocycles. The van der Waals surface area contributed by atoms with Gasteiger partial charge in [0.2, 0.25) is 0 Å². The summed E-state index contributed by atoms with van der Waals surface area (Å²) in [4.78, 5) is 13.8. The fourth-order valence-electron chi connectivity index (χ4n) is 2.44. The fraction of sp³-hybridized carbons (Fsp3) is 0.562. The summed E-state index contributed by atoms with van der Waals surface area (Å²) in [5.41, 5.74) is 0.807. The van der Waals surface area contributed by atoms with E-state index in [0.29, 0.717) is 6.54 Å². The third kappa shape index (κ3) is 4.51. The monoisotopic (exact) mass is 294 g/mol. The highest BCUT2D eigenvalue weighted by Crippen LogP contribution is 2.25. The van der Waals surface area contributed by atoms with E-state index in [2.05, 4.69) is 21.9 Å². The summed E-state index contributed by atoms with van der Waals surface area (Å²) in [5, 5.41) is 3.31. The van der Waals surface area contributed by atoms with Gasteiger partial charge in [-0.3, -0.25) is 4.90 Å². The van der Waals surface area contributed by atoms with Crippen LogP contribution in [0.15, 0.2) is 18.2 Å². The second-order valence-corrected chi connectivity index (χ2v) is 5.34. The molecule has 0 unspecified atom stereocenters. The fourth-order valence-corrected chi connectivity index (χ4v) is 2.44. The number of esters is 1. The number of carbonyl (C=O) groups excluding carboxylic acids is 1. The van der Waals surface area contributed by atoms with E-state index in [-0.39, 0.29) is 5.56 Å². The van der Waals surface area contributed by atoms with E-state index in [9.17, 15) is 9.18 Å². The van der Waals surface area contributed by atoms with Crippen LogP contribution < -0.4 is 5.32 Å². The third-order valence-corrected chi connectivity index (χ3v) is 3.81. The Balaban J connectivity index is 1.78. The lowest BCUT2D eigenvalue weighted by molar-refractivity contribution is 0.0595. The van der Waals surface area contributed by atoms with Crippen LogP contribution in [0.2, 0.25) is 0 Å². The quantitative estimate of drug-likeness (QED) is 0.589. The Bertz CT molecular complexity index is 489. The smallest absolute Gasteiger partial charge is 0.340 e. The van der Waals surface area contributed by atoms with E-state index in [0.717, 1.165) is 31.2 Å². The average Bonchev–Trinajstić information content (AvgIpc) is 3.31. The Hall–Kier alpha value is -1.46. The van der Waals surface area contributed by atoms with Crippen LogP contribution in [-0.2, 0) is 11.3 Å². The molecular formula is C16H23FN2O2. The topological polar surface area (TPSA) is 41.6 Å². The highest BCUT2D eigenvalue weighted by Gasteiger charge is 2.26. The summed E-state index contributed by atoms with van der Waals surface area (Å²) in [6.07, 6.45) is 2.63. The maximum absolute atomic E-state index is 13.8. The highest BCUT2D eigenvalue weighted by atomic mass is 19.1. The lowest BCUT2D eigenvalue weighted by atomic mass is 10.1. The molecule has 0 spiro atoms. The zero-order chi connectivity index (χ0) is 15.2. The molecule has 1 aromatic carbocycles. The van der Waals surface area contributed by atoms with Crippen molar-refractivity contribution in [1.29, 1.82) is 0 Å². The molecule has 0 aliphatic heterocycles. The van der Waals surface area contributed by atoms with E-state index < -0.39 is 11.8 Å². The maximum atomic E-state index is 13.8. The molecule has 0 saturated heterocycles. The molecule has 1 fully saturated rings. The van der Waals surface area contributed by atoms with Gasteiger partial charge in [-0.15, -0.1) is 0 Å². The van der Waals surface area contributed by atoms with Gasteiger partial charge in [0, 0.05) is 25.7 Å². The summed E-state index contributed by atoms with van der Waals surface area (Å²) in [5.74, 6) is -1.18. The van der Waals surface area contributed by atoms with E-state index in [1.807, 2.05) is 0 Å². The number of nitrogens with one attached hydrogen (secondary N) is 1. The zero-order valence-electron chi connectivity index (χ0n) is 12.7. The number of carbonyl (C=O) groups is 1. The van der Waals surface area contributed by atoms with Gasteiger partial charge in [-0.2, -0.15) is 0 Å². The molecule has 116 valence electrons. The summed E-state index contributed by atoms with van der Waals surface area (Å²) in [7, 11) is 1.25. The predicted molar refractivity (Wildman–Crippen MR) is 79.7 cm³/mol. The molecule has 2 rings (SSSR count). The summed E-state index contributed by atoms with van der Waals surface area (Å²) in [6, 6.07) is 5.38. The molecule has 0 bridgehead atoms. The summed E-state index contributed by atoms with van der Waals surface area (Å²) < 4.78 is 18.3. The number of halogens is 1. The van der Waals surface area contributed by atoms with Crippen LogP contribution >= 0.6 is 0 Å². The first-order valence-electron chi connectivity index (χ1n) is 7.47. The minimum Gasteiger partial charge on any atom is -0.465 e. The van der Waals surface area contributed by atoms with Crippen molar-refractivity contribution < 1.29 is 13.9 Å². The van der Waals surface area contributed by atoms with Crippen LogP contribution in [0.4, 0.5) is 4.39 Å². The van der Waals surface area contributed by atoms with Crippen molar-refractivity contribution >= 4 is 5.97 Å². The van der Waals surface area contributed by atoms with Gasteiger partial charge in [-0.05, 0) is 37.1 Å². The van der Waals surface area contributed by atoms with Crippen LogP contribution in [0.3, 0.4) is 0 Å². The van der Waals surface area contributed by atoms with Gasteiger partial charge in [0.25, 0.3) is 0 Å². The van der Waals surface area contributed by atoms with Crippen molar-refractivity contribution in [3.63, 3.8) is 0 Å². The lowest BCUT2D eigenvalue weighted by Crippen LogP contribution is -2.33. The number of ether oxygens (including phenoxy) is 1. The van der Waals surface area contributed by atoms with E-state index in [4.69, 9.17) is 0 Å². The largest absolute Gasteiger partial charge is 0.465 e. The Morgan fingerprint density at radius 1 is 1.48 bits per heavy atom. The molecule has 1 aliphatic rings. The van der Waals surface area contributed by atoms with Gasteiger partial charge in [-0.25, -0.2) is 9.18 Å². The average molecular weight is 294 g/mol. The number of hydrogen-bond acceptors (Lipinski definition) is 4. The minimum absolute atomic E-state index is 0.0212. The third-order valence-electron chi connectivity index (χ3n) is 3.81. The summed E-state index contributed by atoms with van der Waals surface area (Å²) >= 11 is 0. The van der Waals surface area contributed by atoms with E-state index in [1.165, 1.54) is 32.1 Å². The Kier molecular flexibility index (Phi) is 5.70. The van der Waals surface area contributed by atoms with Crippen LogP contribution in [-0.4, -0.2) is 43.7 Å². The molecule has 0 atom stereocenters. The van der Waals surface area contributed by atoms with Gasteiger partial charge < -0.3 is 10.1 Å². The molecule has 21 heavy (non-hydrogen) atoms. The SMILES string of the molecule is CCN(CCNCc1ccc(C(=O)OC)c(F)c1)C1CC1. The van der Waals surface area contributed by atoms with Gasteiger partial charge in [0.15, 0.2) is 0 Å². The second-order valence-electron chi connectivity index (χ2n) is 5.34. The number of likely N-dealkylation sites (N-methyl/N-ethyl adjacent to an activating group) is 1. The molecular weight excluding hydrogens is 271 g/mol. The lowest BCUT2D eigenvalue weighted by Gasteiger charge is -2.19. The number of nitrogens with zero attached hydrogens (tertiary/aromatic N) is 1. The molecule has 0 aromatic heterocycles. The van der Waals surface area contributed by atoms with Crippen molar-refractivity contribution in [1.82, 2.24) is 10.2 Å². The molecule has 1 aliphatic carbocycles. The van der Waals surface area contributed by atoms with Crippen molar-refractivity contribution in [3.05, 3.63) is 35.1 Å². The first kappa shape index (κ1) is 15.9. The van der Waals surface area contributed by atoms with Gasteiger partial charge >= 0.3 is 5.97 Å². The molecule has 4 nitrogen and oxygen atoms in total. The van der Waals surface area contributed by atoms with Gasteiger partial charge in [-0.1, -0.05) is 13.0 Å². The van der Waals surface area contributed by atoms with Gasteiger partial charge in [0.05, 0.1) is 12.7 Å². The Morgan fingerprint density at radius 2 is 2.24 bits per heavy atom. The standard InChI is InChI=1S/C16H23FN2O2/c1-3-19(13-5-6-13)9-8-18-11-12-4-7-14(15(17)10-12)16(20)21-2/h4,7,10,13,18H,3,5-6,8-9,11H2,1-2H3. The molecule has 1 aromatic rings. The number of hydrogen-bond donors (Lipinski definition) is 1. The van der Waals surface area contributed by atoms with E-state index in [1.54, 1.807) is 6.07 Å². The van der Waals surface area contributed by atoms with Gasteiger partial charge in [0.1, 0.15) is 5.82 Å². The molecule has 5 heteroatoms. The second kappa shape index (κ2) is 7.52. The molecule has 0 radical (unpaired) electrons. The normalized spacial score (nSPS) is 14.5. The first-order valence-corrected chi connectivity index (χ1v) is 7.47. The molecule has 0 amide bonds. The van der Waals surface area contributed by atoms with Crippen LogP contribution in [0, 0.1) is 5.82 Å². The summed E-state index contributed by atoms with van der Waals surface area (Å²) in [6.45, 7) is 5.75. The van der Waals surface area contributed by atoms with E-state index >= 15 is 0 Å². The van der Waals surface area contributed by atoms with Crippen molar-refractivity contribution in [2.24, 2.45) is 0 Å². The number of methoxy groups -OCH3 is 1.